The van der Waals surface area contributed by atoms with Crippen molar-refractivity contribution in [2.75, 3.05) is 6.54 Å². The summed E-state index contributed by atoms with van der Waals surface area (Å²) in [4.78, 5) is 52.2. The van der Waals surface area contributed by atoms with Crippen molar-refractivity contribution in [2.24, 2.45) is 0 Å². The van der Waals surface area contributed by atoms with Crippen LogP contribution in [0.15, 0.2) is 103 Å². The van der Waals surface area contributed by atoms with Crippen LogP contribution in [0.5, 0.6) is 5.75 Å². The van der Waals surface area contributed by atoms with Gasteiger partial charge in [0.1, 0.15) is 30.0 Å². The highest BCUT2D eigenvalue weighted by Gasteiger charge is 2.29. The van der Waals surface area contributed by atoms with Gasteiger partial charge in [0.05, 0.1) is 0 Å². The van der Waals surface area contributed by atoms with E-state index in [1.54, 1.807) is 32.9 Å². The number of esters is 1. The van der Waals surface area contributed by atoms with E-state index < -0.39 is 41.7 Å². The van der Waals surface area contributed by atoms with Crippen LogP contribution in [-0.2, 0) is 32.1 Å². The van der Waals surface area contributed by atoms with Crippen molar-refractivity contribution in [3.05, 3.63) is 114 Å². The first-order chi connectivity index (χ1) is 23.1. The number of hydrogen-bond donors (Lipinski definition) is 3. The lowest BCUT2D eigenvalue weighted by Crippen LogP contribution is -2.53. The normalized spacial score (nSPS) is 12.3. The molecule has 0 radical (unpaired) electrons. The van der Waals surface area contributed by atoms with Crippen LogP contribution in [0.3, 0.4) is 0 Å². The molecular weight excluding hydrogens is 610 g/mol. The standard InChI is InChI=1S/C38H43N3O7/c1-38(2,3)48-37(45)41-32(23-20-27-13-6-4-7-14-27)34(42)40-33(19-12-24-39-36(44)46-26-28-15-8-5-9-16-28)35(43)47-31-22-21-29-17-10-11-18-30(29)25-31/h4-11,13-18,21-22,25,32-33H,12,19-20,23-24,26H2,1-3H3,(H,39,44)(H,40,42)(H,41,45)/t32-,33-/m0/s1. The van der Waals surface area contributed by atoms with Gasteiger partial charge in [-0.2, -0.15) is 0 Å². The number of fused-ring (bicyclic) bond motifs is 1. The molecule has 252 valence electrons. The minimum absolute atomic E-state index is 0.123. The molecule has 3 N–H and O–H groups in total. The number of amides is 3. The molecule has 0 spiro atoms. The number of rotatable bonds is 14. The van der Waals surface area contributed by atoms with Crippen LogP contribution in [0.25, 0.3) is 10.8 Å². The Labute approximate surface area is 281 Å². The average Bonchev–Trinajstić information content (AvgIpc) is 3.07. The Bertz CT molecular complexity index is 1660. The summed E-state index contributed by atoms with van der Waals surface area (Å²) in [5.74, 6) is -0.912. The summed E-state index contributed by atoms with van der Waals surface area (Å²) in [5.41, 5.74) is 1.07. The van der Waals surface area contributed by atoms with E-state index in [2.05, 4.69) is 16.0 Å². The monoisotopic (exact) mass is 653 g/mol. The smallest absolute Gasteiger partial charge is 0.408 e. The maximum Gasteiger partial charge on any atom is 0.408 e. The lowest BCUT2D eigenvalue weighted by atomic mass is 10.0. The molecule has 48 heavy (non-hydrogen) atoms. The predicted octanol–water partition coefficient (Wildman–Crippen LogP) is 6.46. The fourth-order valence-corrected chi connectivity index (χ4v) is 4.88. The van der Waals surface area contributed by atoms with Gasteiger partial charge in [0.25, 0.3) is 0 Å². The molecule has 2 atom stereocenters. The van der Waals surface area contributed by atoms with E-state index in [1.165, 1.54) is 0 Å². The van der Waals surface area contributed by atoms with Gasteiger partial charge in [-0.3, -0.25) is 4.79 Å². The summed E-state index contributed by atoms with van der Waals surface area (Å²) in [6, 6.07) is 29.8. The molecule has 0 aliphatic carbocycles. The second-order valence-corrected chi connectivity index (χ2v) is 12.3. The molecule has 10 heteroatoms. The topological polar surface area (TPSA) is 132 Å². The molecule has 0 bridgehead atoms. The Kier molecular flexibility index (Phi) is 12.9. The number of nitrogens with one attached hydrogen (secondary N) is 3. The molecule has 4 aromatic rings. The molecule has 3 amide bonds. The Morgan fingerprint density at radius 3 is 2.02 bits per heavy atom. The molecule has 0 heterocycles. The van der Waals surface area contributed by atoms with E-state index in [9.17, 15) is 19.2 Å². The van der Waals surface area contributed by atoms with Gasteiger partial charge in [-0.05, 0) is 80.5 Å². The fourth-order valence-electron chi connectivity index (χ4n) is 4.88. The molecule has 0 aromatic heterocycles. The zero-order chi connectivity index (χ0) is 34.4. The van der Waals surface area contributed by atoms with Gasteiger partial charge in [-0.15, -0.1) is 0 Å². The Morgan fingerprint density at radius 1 is 0.688 bits per heavy atom. The highest BCUT2D eigenvalue weighted by molar-refractivity contribution is 5.91. The van der Waals surface area contributed by atoms with Crippen molar-refractivity contribution in [2.45, 2.75) is 70.7 Å². The minimum atomic E-state index is -1.08. The minimum Gasteiger partial charge on any atom is -0.445 e. The summed E-state index contributed by atoms with van der Waals surface area (Å²) in [7, 11) is 0. The lowest BCUT2D eigenvalue weighted by Gasteiger charge is -2.25. The van der Waals surface area contributed by atoms with E-state index in [1.807, 2.05) is 91.0 Å². The summed E-state index contributed by atoms with van der Waals surface area (Å²) >= 11 is 0. The third kappa shape index (κ3) is 12.1. The Hall–Kier alpha value is -5.38. The molecule has 0 saturated heterocycles. The van der Waals surface area contributed by atoms with Crippen LogP contribution in [-0.4, -0.2) is 48.3 Å². The highest BCUT2D eigenvalue weighted by Crippen LogP contribution is 2.21. The molecule has 0 aliphatic rings. The largest absolute Gasteiger partial charge is 0.445 e. The highest BCUT2D eigenvalue weighted by atomic mass is 16.6. The third-order valence-corrected chi connectivity index (χ3v) is 7.26. The Morgan fingerprint density at radius 2 is 1.33 bits per heavy atom. The predicted molar refractivity (Wildman–Crippen MR) is 183 cm³/mol. The maximum atomic E-state index is 13.7. The van der Waals surface area contributed by atoms with E-state index in [-0.39, 0.29) is 26.0 Å². The summed E-state index contributed by atoms with van der Waals surface area (Å²) in [6.45, 7) is 5.51. The van der Waals surface area contributed by atoms with Crippen molar-refractivity contribution < 1.29 is 33.4 Å². The molecular formula is C38H43N3O7. The maximum absolute atomic E-state index is 13.7. The summed E-state index contributed by atoms with van der Waals surface area (Å²) in [6.07, 6.45) is -0.113. The van der Waals surface area contributed by atoms with Crippen LogP contribution < -0.4 is 20.7 Å². The number of carbonyl (C=O) groups excluding carboxylic acids is 4. The SMILES string of the molecule is CC(C)(C)OC(=O)N[C@@H](CCc1ccccc1)C(=O)N[C@@H](CCCNC(=O)OCc1ccccc1)C(=O)Oc1ccc2ccccc2c1. The number of hydrogen-bond acceptors (Lipinski definition) is 7. The summed E-state index contributed by atoms with van der Waals surface area (Å²) < 4.78 is 16.4. The van der Waals surface area contributed by atoms with Gasteiger partial charge < -0.3 is 30.2 Å². The molecule has 0 fully saturated rings. The van der Waals surface area contributed by atoms with E-state index >= 15 is 0 Å². The van der Waals surface area contributed by atoms with Crippen LogP contribution in [0.2, 0.25) is 0 Å². The Balaban J connectivity index is 1.43. The van der Waals surface area contributed by atoms with Crippen molar-refractivity contribution >= 4 is 34.8 Å². The quantitative estimate of drug-likeness (QED) is 0.0808. The molecule has 0 unspecified atom stereocenters. The van der Waals surface area contributed by atoms with Crippen molar-refractivity contribution in [1.29, 1.82) is 0 Å². The number of carbonyl (C=O) groups is 4. The van der Waals surface area contributed by atoms with Crippen LogP contribution >= 0.6 is 0 Å². The van der Waals surface area contributed by atoms with Crippen LogP contribution in [0.4, 0.5) is 9.59 Å². The van der Waals surface area contributed by atoms with Gasteiger partial charge in [0, 0.05) is 6.54 Å². The average molecular weight is 654 g/mol. The van der Waals surface area contributed by atoms with Crippen molar-refractivity contribution in [3.8, 4) is 5.75 Å². The van der Waals surface area contributed by atoms with Crippen LogP contribution in [0, 0.1) is 0 Å². The fraction of sp³-hybridized carbons (Fsp3) is 0.316. The number of benzene rings is 4. The van der Waals surface area contributed by atoms with Gasteiger partial charge in [-0.25, -0.2) is 14.4 Å². The van der Waals surface area contributed by atoms with Crippen LogP contribution in [0.1, 0.15) is 51.2 Å². The molecule has 4 rings (SSSR count). The second kappa shape index (κ2) is 17.5. The molecule has 0 saturated carbocycles. The third-order valence-electron chi connectivity index (χ3n) is 7.26. The number of aryl methyl sites for hydroxylation is 1. The first-order valence-corrected chi connectivity index (χ1v) is 16.0. The second-order valence-electron chi connectivity index (χ2n) is 12.3. The molecule has 0 aliphatic heterocycles. The van der Waals surface area contributed by atoms with Crippen molar-refractivity contribution in [3.63, 3.8) is 0 Å². The van der Waals surface area contributed by atoms with Crippen molar-refractivity contribution in [1.82, 2.24) is 16.0 Å². The van der Waals surface area contributed by atoms with E-state index in [0.29, 0.717) is 18.6 Å². The number of alkyl carbamates (subject to hydrolysis) is 2. The number of ether oxygens (including phenoxy) is 3. The lowest BCUT2D eigenvalue weighted by molar-refractivity contribution is -0.140. The zero-order valence-electron chi connectivity index (χ0n) is 27.6. The van der Waals surface area contributed by atoms with Gasteiger partial charge in [0.2, 0.25) is 5.91 Å². The van der Waals surface area contributed by atoms with E-state index in [4.69, 9.17) is 14.2 Å². The molecule has 4 aromatic carbocycles. The van der Waals surface area contributed by atoms with Gasteiger partial charge in [0.15, 0.2) is 0 Å². The van der Waals surface area contributed by atoms with Gasteiger partial charge in [-0.1, -0.05) is 91.0 Å². The van der Waals surface area contributed by atoms with Gasteiger partial charge >= 0.3 is 18.2 Å². The van der Waals surface area contributed by atoms with E-state index in [0.717, 1.165) is 21.9 Å². The first-order valence-electron chi connectivity index (χ1n) is 16.0. The first kappa shape index (κ1) is 35.5. The molecule has 10 nitrogen and oxygen atoms in total. The summed E-state index contributed by atoms with van der Waals surface area (Å²) in [5, 5.41) is 10.0. The zero-order valence-corrected chi connectivity index (χ0v) is 27.6.